The molecule has 2 N–H and O–H groups in total. The van der Waals surface area contributed by atoms with Crippen molar-refractivity contribution in [2.45, 2.75) is 32.4 Å². The lowest BCUT2D eigenvalue weighted by Crippen LogP contribution is -2.37. The maximum absolute atomic E-state index is 8.92. The summed E-state index contributed by atoms with van der Waals surface area (Å²) in [5.74, 6) is 0. The Hall–Kier alpha value is -0.380. The van der Waals surface area contributed by atoms with E-state index >= 15 is 0 Å². The van der Waals surface area contributed by atoms with Gasteiger partial charge in [-0.25, -0.2) is 0 Å². The van der Waals surface area contributed by atoms with Crippen LogP contribution in [0.3, 0.4) is 0 Å². The summed E-state index contributed by atoms with van der Waals surface area (Å²) in [6, 6.07) is 8.85. The Balaban J connectivity index is 2.47. The highest BCUT2D eigenvalue weighted by molar-refractivity contribution is 9.10. The second-order valence-electron chi connectivity index (χ2n) is 3.99. The van der Waals surface area contributed by atoms with Crippen LogP contribution in [-0.4, -0.2) is 23.8 Å². The van der Waals surface area contributed by atoms with Crippen LogP contribution in [0.25, 0.3) is 0 Å². The van der Waals surface area contributed by atoms with Gasteiger partial charge in [-0.1, -0.05) is 28.1 Å². The first-order valence-electron chi connectivity index (χ1n) is 5.23. The molecule has 0 saturated heterocycles. The molecule has 0 aliphatic carbocycles. The molecule has 1 aromatic rings. The van der Waals surface area contributed by atoms with Gasteiger partial charge < -0.3 is 10.4 Å². The topological polar surface area (TPSA) is 32.3 Å². The maximum Gasteiger partial charge on any atom is 0.0582 e. The van der Waals surface area contributed by atoms with Gasteiger partial charge in [-0.2, -0.15) is 0 Å². The molecule has 1 aromatic carbocycles. The van der Waals surface area contributed by atoms with Crippen LogP contribution >= 0.6 is 15.9 Å². The average molecular weight is 272 g/mol. The number of aliphatic hydroxyl groups is 1. The van der Waals surface area contributed by atoms with E-state index in [9.17, 15) is 0 Å². The SMILES string of the molecule is CC(Cc1cccc(Br)c1)N[C@@H](C)CO. The third-order valence-electron chi connectivity index (χ3n) is 2.27. The van der Waals surface area contributed by atoms with Gasteiger partial charge in [-0.15, -0.1) is 0 Å². The minimum atomic E-state index is 0.159. The highest BCUT2D eigenvalue weighted by Gasteiger charge is 2.07. The van der Waals surface area contributed by atoms with Crippen LogP contribution in [0.15, 0.2) is 28.7 Å². The van der Waals surface area contributed by atoms with Gasteiger partial charge in [-0.3, -0.25) is 0 Å². The average Bonchev–Trinajstić information content (AvgIpc) is 2.17. The van der Waals surface area contributed by atoms with Gasteiger partial charge >= 0.3 is 0 Å². The van der Waals surface area contributed by atoms with Gasteiger partial charge in [-0.05, 0) is 38.0 Å². The molecule has 0 radical (unpaired) electrons. The van der Waals surface area contributed by atoms with Crippen molar-refractivity contribution in [3.05, 3.63) is 34.3 Å². The lowest BCUT2D eigenvalue weighted by molar-refractivity contribution is 0.242. The lowest BCUT2D eigenvalue weighted by Gasteiger charge is -2.18. The third kappa shape index (κ3) is 4.78. The van der Waals surface area contributed by atoms with Gasteiger partial charge in [0.2, 0.25) is 0 Å². The summed E-state index contributed by atoms with van der Waals surface area (Å²) in [6.45, 7) is 4.30. The number of benzene rings is 1. The molecule has 84 valence electrons. The predicted molar refractivity (Wildman–Crippen MR) is 67.0 cm³/mol. The normalized spacial score (nSPS) is 14.9. The molecule has 0 fully saturated rings. The van der Waals surface area contributed by atoms with Gasteiger partial charge in [0.25, 0.3) is 0 Å². The van der Waals surface area contributed by atoms with Crippen molar-refractivity contribution in [2.24, 2.45) is 0 Å². The molecule has 1 rings (SSSR count). The number of rotatable bonds is 5. The number of hydrogen-bond donors (Lipinski definition) is 2. The Morgan fingerprint density at radius 2 is 2.07 bits per heavy atom. The number of aliphatic hydroxyl groups excluding tert-OH is 1. The van der Waals surface area contributed by atoms with Crippen LogP contribution < -0.4 is 5.32 Å². The quantitative estimate of drug-likeness (QED) is 0.862. The van der Waals surface area contributed by atoms with E-state index in [0.717, 1.165) is 10.9 Å². The molecule has 3 heteroatoms. The Morgan fingerprint density at radius 1 is 1.33 bits per heavy atom. The third-order valence-corrected chi connectivity index (χ3v) is 2.77. The van der Waals surface area contributed by atoms with Crippen molar-refractivity contribution in [1.29, 1.82) is 0 Å². The maximum atomic E-state index is 8.92. The zero-order chi connectivity index (χ0) is 11.3. The molecule has 2 nitrogen and oxygen atoms in total. The Labute approximate surface area is 99.8 Å². The van der Waals surface area contributed by atoms with E-state index in [1.807, 2.05) is 19.1 Å². The number of halogens is 1. The molecule has 0 amide bonds. The minimum absolute atomic E-state index is 0.159. The van der Waals surface area contributed by atoms with Crippen molar-refractivity contribution < 1.29 is 5.11 Å². The molecule has 0 aliphatic rings. The molecule has 2 atom stereocenters. The standard InChI is InChI=1S/C12H18BrNO/c1-9(14-10(2)8-15)6-11-4-3-5-12(13)7-11/h3-5,7,9-10,14-15H,6,8H2,1-2H3/t9?,10-/m0/s1. The highest BCUT2D eigenvalue weighted by atomic mass is 79.9. The fraction of sp³-hybridized carbons (Fsp3) is 0.500. The van der Waals surface area contributed by atoms with E-state index in [1.165, 1.54) is 5.56 Å². The number of hydrogen-bond acceptors (Lipinski definition) is 2. The molecule has 0 aromatic heterocycles. The smallest absolute Gasteiger partial charge is 0.0582 e. The number of nitrogens with one attached hydrogen (secondary N) is 1. The molecule has 15 heavy (non-hydrogen) atoms. The molecule has 0 heterocycles. The lowest BCUT2D eigenvalue weighted by atomic mass is 10.1. The minimum Gasteiger partial charge on any atom is -0.395 e. The Morgan fingerprint density at radius 3 is 2.67 bits per heavy atom. The second kappa shape index (κ2) is 6.26. The molecule has 0 bridgehead atoms. The molecule has 0 aliphatic heterocycles. The summed E-state index contributed by atoms with van der Waals surface area (Å²) in [5, 5.41) is 12.3. The Kier molecular flexibility index (Phi) is 5.29. The van der Waals surface area contributed by atoms with Crippen LogP contribution in [0.5, 0.6) is 0 Å². The van der Waals surface area contributed by atoms with E-state index in [4.69, 9.17) is 5.11 Å². The molecular formula is C12H18BrNO. The Bertz CT molecular complexity index is 303. The van der Waals surface area contributed by atoms with E-state index < -0.39 is 0 Å². The fourth-order valence-electron chi connectivity index (χ4n) is 1.61. The molecule has 0 spiro atoms. The van der Waals surface area contributed by atoms with Gasteiger partial charge in [0.15, 0.2) is 0 Å². The van der Waals surface area contributed by atoms with Crippen molar-refractivity contribution in [3.63, 3.8) is 0 Å². The molecule has 0 saturated carbocycles. The monoisotopic (exact) mass is 271 g/mol. The van der Waals surface area contributed by atoms with Crippen LogP contribution in [0.2, 0.25) is 0 Å². The van der Waals surface area contributed by atoms with Gasteiger partial charge in [0, 0.05) is 16.6 Å². The second-order valence-corrected chi connectivity index (χ2v) is 4.90. The van der Waals surface area contributed by atoms with Crippen molar-refractivity contribution in [1.82, 2.24) is 5.32 Å². The van der Waals surface area contributed by atoms with Crippen molar-refractivity contribution in [3.8, 4) is 0 Å². The van der Waals surface area contributed by atoms with Crippen LogP contribution in [0, 0.1) is 0 Å². The summed E-state index contributed by atoms with van der Waals surface area (Å²) >= 11 is 3.46. The van der Waals surface area contributed by atoms with Crippen LogP contribution in [0.4, 0.5) is 0 Å². The van der Waals surface area contributed by atoms with Crippen molar-refractivity contribution in [2.75, 3.05) is 6.61 Å². The fourth-order valence-corrected chi connectivity index (χ4v) is 2.06. The highest BCUT2D eigenvalue weighted by Crippen LogP contribution is 2.13. The summed E-state index contributed by atoms with van der Waals surface area (Å²) in [6.07, 6.45) is 0.976. The van der Waals surface area contributed by atoms with E-state index in [-0.39, 0.29) is 12.6 Å². The first kappa shape index (κ1) is 12.7. The summed E-state index contributed by atoms with van der Waals surface area (Å²) in [7, 11) is 0. The van der Waals surface area contributed by atoms with E-state index in [0.29, 0.717) is 6.04 Å². The van der Waals surface area contributed by atoms with Crippen LogP contribution in [-0.2, 0) is 6.42 Å². The zero-order valence-electron chi connectivity index (χ0n) is 9.20. The molecular weight excluding hydrogens is 254 g/mol. The summed E-state index contributed by atoms with van der Waals surface area (Å²) in [4.78, 5) is 0. The predicted octanol–water partition coefficient (Wildman–Crippen LogP) is 2.35. The largest absolute Gasteiger partial charge is 0.395 e. The van der Waals surface area contributed by atoms with Gasteiger partial charge in [0.05, 0.1) is 6.61 Å². The van der Waals surface area contributed by atoms with E-state index in [2.05, 4.69) is 40.3 Å². The summed E-state index contributed by atoms with van der Waals surface area (Å²) < 4.78 is 1.11. The first-order valence-corrected chi connectivity index (χ1v) is 6.02. The van der Waals surface area contributed by atoms with Crippen LogP contribution in [0.1, 0.15) is 19.4 Å². The molecule has 1 unspecified atom stereocenters. The summed E-state index contributed by atoms with van der Waals surface area (Å²) in [5.41, 5.74) is 1.30. The van der Waals surface area contributed by atoms with Crippen molar-refractivity contribution >= 4 is 15.9 Å². The zero-order valence-corrected chi connectivity index (χ0v) is 10.8. The van der Waals surface area contributed by atoms with Gasteiger partial charge in [0.1, 0.15) is 0 Å². The van der Waals surface area contributed by atoms with E-state index in [1.54, 1.807) is 0 Å². The first-order chi connectivity index (χ1) is 7.11.